The summed E-state index contributed by atoms with van der Waals surface area (Å²) in [6.07, 6.45) is 0. The van der Waals surface area contributed by atoms with Gasteiger partial charge < -0.3 is 31.1 Å². The molecule has 7 heteroatoms. The predicted octanol–water partition coefficient (Wildman–Crippen LogP) is -4.90. The van der Waals surface area contributed by atoms with E-state index in [9.17, 15) is 0 Å². The minimum Gasteiger partial charge on any atom is -0.734 e. The Bertz CT molecular complexity index is 6.14. The van der Waals surface area contributed by atoms with Crippen molar-refractivity contribution in [1.82, 2.24) is 0 Å². The fraction of sp³-hybridized carbons (Fsp3) is 0. The van der Waals surface area contributed by atoms with E-state index in [1.807, 2.05) is 0 Å². The molecular weight excluding hydrogens is 288 g/mol. The third kappa shape index (κ3) is 744. The standard InChI is InChI=1S/Ir.2H2O3/c;2*1-3-2/h;2*1-2H/p-4. The number of hydrogen-bond donors (Lipinski definition) is 0. The minimum absolute atomic E-state index is 0. The number of rotatable bonds is 0. The van der Waals surface area contributed by atoms with E-state index in [1.54, 1.807) is 10.1 Å². The Morgan fingerprint density at radius 1 is 0.714 bits per heavy atom. The van der Waals surface area contributed by atoms with Crippen LogP contribution in [-0.2, 0) is 30.2 Å². The molecule has 0 aliphatic heterocycles. The first-order chi connectivity index (χ1) is 2.83. The molecule has 7 heavy (non-hydrogen) atoms. The molecule has 0 saturated heterocycles. The molecular formula is IrO6-4. The molecule has 49 valence electrons. The van der Waals surface area contributed by atoms with Gasteiger partial charge in [0.1, 0.15) is 0 Å². The molecule has 0 fully saturated rings. The molecule has 0 heterocycles. The van der Waals surface area contributed by atoms with E-state index < -0.39 is 0 Å². The van der Waals surface area contributed by atoms with Gasteiger partial charge in [0, 0.05) is 20.1 Å². The van der Waals surface area contributed by atoms with Crippen LogP contribution >= 0.6 is 0 Å². The summed E-state index contributed by atoms with van der Waals surface area (Å²) in [5.74, 6) is 0. The van der Waals surface area contributed by atoms with Gasteiger partial charge in [-0.15, -0.1) is 0 Å². The Balaban J connectivity index is -0.0000000400. The van der Waals surface area contributed by atoms with E-state index in [1.165, 1.54) is 0 Å². The molecule has 0 atom stereocenters. The first-order valence-electron chi connectivity index (χ1n) is 0.667. The average Bonchev–Trinajstić information content (AvgIpc) is 1.39. The van der Waals surface area contributed by atoms with Gasteiger partial charge in [0.15, 0.2) is 0 Å². The normalized spacial score (nSPS) is 5.14. The summed E-state index contributed by atoms with van der Waals surface area (Å²) >= 11 is 0. The van der Waals surface area contributed by atoms with E-state index in [0.29, 0.717) is 0 Å². The van der Waals surface area contributed by atoms with Crippen LogP contribution in [0.25, 0.3) is 0 Å². The molecule has 0 amide bonds. The molecule has 1 radical (unpaired) electrons. The maximum Gasteiger partial charge on any atom is 0 e. The van der Waals surface area contributed by atoms with Crippen molar-refractivity contribution in [2.45, 2.75) is 0 Å². The first-order valence-corrected chi connectivity index (χ1v) is 0.667. The van der Waals surface area contributed by atoms with Crippen LogP contribution in [0.15, 0.2) is 0 Å². The summed E-state index contributed by atoms with van der Waals surface area (Å²) in [7, 11) is 0. The maximum atomic E-state index is 7.88. The summed E-state index contributed by atoms with van der Waals surface area (Å²) in [4.78, 5) is 0. The molecule has 0 rings (SSSR count). The van der Waals surface area contributed by atoms with E-state index >= 15 is 0 Å². The topological polar surface area (TPSA) is 111 Å². The summed E-state index contributed by atoms with van der Waals surface area (Å²) in [6, 6.07) is 0. The summed E-state index contributed by atoms with van der Waals surface area (Å²) in [5.41, 5.74) is 0. The SMILES string of the molecule is [Ir].[O-]O[O-].[O-]O[O-]. The Morgan fingerprint density at radius 3 is 0.714 bits per heavy atom. The van der Waals surface area contributed by atoms with Crippen molar-refractivity contribution in [2.24, 2.45) is 0 Å². The van der Waals surface area contributed by atoms with Crippen LogP contribution < -0.4 is 21.0 Å². The Morgan fingerprint density at radius 2 is 0.714 bits per heavy atom. The van der Waals surface area contributed by atoms with Crippen molar-refractivity contribution < 1.29 is 51.2 Å². The van der Waals surface area contributed by atoms with Crippen LogP contribution in [0, 0.1) is 0 Å². The van der Waals surface area contributed by atoms with Crippen LogP contribution in [0.5, 0.6) is 0 Å². The van der Waals surface area contributed by atoms with Crippen molar-refractivity contribution in [3.63, 3.8) is 0 Å². The van der Waals surface area contributed by atoms with E-state index in [-0.39, 0.29) is 20.1 Å². The molecule has 0 saturated carbocycles. The largest absolute Gasteiger partial charge is 0.734 e. The van der Waals surface area contributed by atoms with Gasteiger partial charge in [-0.25, -0.2) is 0 Å². The van der Waals surface area contributed by atoms with Crippen LogP contribution in [0.4, 0.5) is 0 Å². The van der Waals surface area contributed by atoms with E-state index in [0.717, 1.165) is 0 Å². The van der Waals surface area contributed by atoms with Crippen LogP contribution in [0.3, 0.4) is 0 Å². The van der Waals surface area contributed by atoms with Gasteiger partial charge in [-0.3, -0.25) is 0 Å². The second kappa shape index (κ2) is 32.3. The van der Waals surface area contributed by atoms with Gasteiger partial charge in [-0.1, -0.05) is 0 Å². The van der Waals surface area contributed by atoms with Crippen molar-refractivity contribution in [2.75, 3.05) is 0 Å². The third-order valence-electron chi connectivity index (χ3n) is 0. The molecule has 0 aliphatic carbocycles. The average molecular weight is 288 g/mol. The summed E-state index contributed by atoms with van der Waals surface area (Å²) in [6.45, 7) is 0. The van der Waals surface area contributed by atoms with E-state index in [2.05, 4.69) is 0 Å². The van der Waals surface area contributed by atoms with Crippen molar-refractivity contribution in [3.05, 3.63) is 0 Å². The second-order valence-electron chi connectivity index (χ2n) is 0.136. The zero-order valence-electron chi connectivity index (χ0n) is 2.78. The molecule has 0 unspecified atom stereocenters. The van der Waals surface area contributed by atoms with E-state index in [4.69, 9.17) is 21.0 Å². The Kier molecular flexibility index (Phi) is 72.3. The van der Waals surface area contributed by atoms with Gasteiger partial charge in [0.05, 0.1) is 0 Å². The monoisotopic (exact) mass is 289 g/mol. The quantitative estimate of drug-likeness (QED) is 0.326. The fourth-order valence-corrected chi connectivity index (χ4v) is 0. The zero-order chi connectivity index (χ0) is 5.41. The first kappa shape index (κ1) is 15.7. The molecule has 0 aromatic rings. The molecule has 0 N–H and O–H groups in total. The Hall–Kier alpha value is 0.409. The van der Waals surface area contributed by atoms with Crippen LogP contribution in [-0.4, -0.2) is 0 Å². The fourth-order valence-electron chi connectivity index (χ4n) is 0. The smallest absolute Gasteiger partial charge is 0 e. The zero-order valence-corrected chi connectivity index (χ0v) is 5.18. The second-order valence-corrected chi connectivity index (χ2v) is 0.136. The third-order valence-corrected chi connectivity index (χ3v) is 0. The van der Waals surface area contributed by atoms with Gasteiger partial charge in [0.2, 0.25) is 0 Å². The predicted molar refractivity (Wildman–Crippen MR) is 2.17 cm³/mol. The van der Waals surface area contributed by atoms with Crippen LogP contribution in [0.2, 0.25) is 0 Å². The molecule has 0 spiro atoms. The van der Waals surface area contributed by atoms with Gasteiger partial charge >= 0.3 is 0 Å². The minimum atomic E-state index is 0. The van der Waals surface area contributed by atoms with Crippen molar-refractivity contribution >= 4 is 0 Å². The van der Waals surface area contributed by atoms with Crippen molar-refractivity contribution in [1.29, 1.82) is 0 Å². The molecule has 0 aliphatic rings. The van der Waals surface area contributed by atoms with Gasteiger partial charge in [-0.05, 0) is 0 Å². The molecule has 0 bridgehead atoms. The summed E-state index contributed by atoms with van der Waals surface area (Å²) < 4.78 is 0. The van der Waals surface area contributed by atoms with Crippen LogP contribution in [0.1, 0.15) is 0 Å². The number of hydrogen-bond acceptors (Lipinski definition) is 6. The Labute approximate surface area is 52.0 Å². The van der Waals surface area contributed by atoms with Gasteiger partial charge in [0.25, 0.3) is 0 Å². The molecule has 0 aromatic carbocycles. The molecule has 0 aromatic heterocycles. The van der Waals surface area contributed by atoms with Crippen molar-refractivity contribution in [3.8, 4) is 0 Å². The molecule has 6 nitrogen and oxygen atoms in total. The maximum absolute atomic E-state index is 7.88. The summed E-state index contributed by atoms with van der Waals surface area (Å²) in [5, 5.41) is 35.0. The van der Waals surface area contributed by atoms with Gasteiger partial charge in [-0.2, -0.15) is 0 Å².